The molecule has 0 bridgehead atoms. The van der Waals surface area contributed by atoms with Crippen molar-refractivity contribution in [3.63, 3.8) is 0 Å². The lowest BCUT2D eigenvalue weighted by molar-refractivity contribution is -0.140. The number of aryl methyl sites for hydroxylation is 2. The second kappa shape index (κ2) is 13.6. The quantitative estimate of drug-likeness (QED) is 0.232. The fourth-order valence-electron chi connectivity index (χ4n) is 4.87. The third-order valence-electron chi connectivity index (χ3n) is 7.13. The zero-order valence-corrected chi connectivity index (χ0v) is 23.5. The van der Waals surface area contributed by atoms with Crippen molar-refractivity contribution in [2.45, 2.75) is 38.6 Å². The van der Waals surface area contributed by atoms with Gasteiger partial charge in [0.25, 0.3) is 5.56 Å². The van der Waals surface area contributed by atoms with Crippen LogP contribution in [-0.4, -0.2) is 41.6 Å². The summed E-state index contributed by atoms with van der Waals surface area (Å²) >= 11 is 0. The summed E-state index contributed by atoms with van der Waals surface area (Å²) in [5.41, 5.74) is 2.94. The molecule has 1 atom stereocenters. The molecule has 1 heterocycles. The average molecular weight is 558 g/mol. The number of esters is 1. The average Bonchev–Trinajstić information content (AvgIpc) is 2.98. The van der Waals surface area contributed by atoms with Crippen LogP contribution in [0.25, 0.3) is 0 Å². The number of rotatable bonds is 12. The van der Waals surface area contributed by atoms with Crippen molar-refractivity contribution in [1.29, 1.82) is 0 Å². The molecule has 0 fully saturated rings. The third-order valence-corrected chi connectivity index (χ3v) is 7.13. The highest BCUT2D eigenvalue weighted by molar-refractivity contribution is 5.72. The van der Waals surface area contributed by atoms with Gasteiger partial charge in [0, 0.05) is 30.1 Å². The van der Waals surface area contributed by atoms with Crippen molar-refractivity contribution in [3.8, 4) is 23.0 Å². The van der Waals surface area contributed by atoms with E-state index in [1.807, 2.05) is 36.4 Å². The standard InChI is InChI=1S/C33H35NO7/c1-22-20-29(36)32(33(38)34(22)18-16-23-8-12-25(35)13-9-23)28(21-31(37)40-3)27-6-4-5-7-30(27)41-19-17-24-10-14-26(39-2)15-11-24/h4-15,20,28,35-36H,16-19,21H2,1-3H3. The van der Waals surface area contributed by atoms with Gasteiger partial charge in [-0.05, 0) is 60.9 Å². The number of aromatic hydroxyl groups is 2. The van der Waals surface area contributed by atoms with Gasteiger partial charge in [-0.3, -0.25) is 9.59 Å². The molecule has 0 radical (unpaired) electrons. The Balaban J connectivity index is 1.65. The summed E-state index contributed by atoms with van der Waals surface area (Å²) in [6.07, 6.45) is 1.02. The predicted molar refractivity (Wildman–Crippen MR) is 156 cm³/mol. The number of phenols is 1. The van der Waals surface area contributed by atoms with Gasteiger partial charge < -0.3 is 29.0 Å². The zero-order valence-electron chi connectivity index (χ0n) is 23.5. The molecule has 0 saturated carbocycles. The molecule has 0 spiro atoms. The van der Waals surface area contributed by atoms with E-state index in [1.54, 1.807) is 61.1 Å². The highest BCUT2D eigenvalue weighted by atomic mass is 16.5. The van der Waals surface area contributed by atoms with Crippen LogP contribution in [-0.2, 0) is 28.9 Å². The maximum absolute atomic E-state index is 13.9. The first kappa shape index (κ1) is 29.3. The molecule has 1 aromatic heterocycles. The number of benzene rings is 3. The molecular formula is C33H35NO7. The number of para-hydroxylation sites is 1. The molecule has 4 rings (SSSR count). The van der Waals surface area contributed by atoms with E-state index in [0.29, 0.717) is 43.0 Å². The molecule has 41 heavy (non-hydrogen) atoms. The number of aromatic nitrogens is 1. The van der Waals surface area contributed by atoms with Gasteiger partial charge in [-0.1, -0.05) is 42.5 Å². The predicted octanol–water partition coefficient (Wildman–Crippen LogP) is 5.14. The van der Waals surface area contributed by atoms with E-state index in [-0.39, 0.29) is 29.0 Å². The number of phenolic OH excluding ortho intramolecular Hbond substituents is 1. The number of pyridine rings is 1. The molecular weight excluding hydrogens is 522 g/mol. The van der Waals surface area contributed by atoms with Crippen molar-refractivity contribution in [2.24, 2.45) is 0 Å². The minimum Gasteiger partial charge on any atom is -0.508 e. The Kier molecular flexibility index (Phi) is 9.68. The first-order chi connectivity index (χ1) is 19.8. The second-order valence-corrected chi connectivity index (χ2v) is 9.78. The lowest BCUT2D eigenvalue weighted by Crippen LogP contribution is -2.29. The first-order valence-electron chi connectivity index (χ1n) is 13.4. The van der Waals surface area contributed by atoms with Gasteiger partial charge in [-0.15, -0.1) is 0 Å². The van der Waals surface area contributed by atoms with Crippen molar-refractivity contribution in [2.75, 3.05) is 20.8 Å². The summed E-state index contributed by atoms with van der Waals surface area (Å²) in [4.78, 5) is 26.5. The van der Waals surface area contributed by atoms with Gasteiger partial charge in [0.1, 0.15) is 23.0 Å². The molecule has 0 aliphatic carbocycles. The molecule has 8 heteroatoms. The lowest BCUT2D eigenvalue weighted by Gasteiger charge is -2.22. The lowest BCUT2D eigenvalue weighted by atomic mass is 9.87. The van der Waals surface area contributed by atoms with Crippen LogP contribution >= 0.6 is 0 Å². The van der Waals surface area contributed by atoms with Gasteiger partial charge in [-0.2, -0.15) is 0 Å². The van der Waals surface area contributed by atoms with E-state index < -0.39 is 11.9 Å². The smallest absolute Gasteiger partial charge is 0.306 e. The van der Waals surface area contributed by atoms with Crippen LogP contribution in [0.5, 0.6) is 23.0 Å². The van der Waals surface area contributed by atoms with E-state index >= 15 is 0 Å². The number of carbonyl (C=O) groups is 1. The Morgan fingerprint density at radius 1 is 0.902 bits per heavy atom. The van der Waals surface area contributed by atoms with Crippen LogP contribution in [0.4, 0.5) is 0 Å². The zero-order chi connectivity index (χ0) is 29.4. The van der Waals surface area contributed by atoms with Gasteiger partial charge in [0.2, 0.25) is 0 Å². The van der Waals surface area contributed by atoms with E-state index in [4.69, 9.17) is 14.2 Å². The van der Waals surface area contributed by atoms with Crippen LogP contribution in [0.1, 0.15) is 40.3 Å². The first-order valence-corrected chi connectivity index (χ1v) is 13.4. The molecule has 0 amide bonds. The summed E-state index contributed by atoms with van der Waals surface area (Å²) in [6.45, 7) is 2.48. The second-order valence-electron chi connectivity index (χ2n) is 9.78. The maximum atomic E-state index is 13.9. The van der Waals surface area contributed by atoms with Crippen molar-refractivity contribution >= 4 is 5.97 Å². The van der Waals surface area contributed by atoms with E-state index in [0.717, 1.165) is 16.9 Å². The molecule has 0 saturated heterocycles. The number of methoxy groups -OCH3 is 2. The number of hydrogen-bond donors (Lipinski definition) is 2. The van der Waals surface area contributed by atoms with Crippen molar-refractivity contribution < 1.29 is 29.2 Å². The summed E-state index contributed by atoms with van der Waals surface area (Å²) in [5, 5.41) is 20.6. The number of carbonyl (C=O) groups excluding carboxylic acids is 1. The molecule has 0 aliphatic heterocycles. The summed E-state index contributed by atoms with van der Waals surface area (Å²) in [7, 11) is 2.91. The van der Waals surface area contributed by atoms with Crippen LogP contribution in [0.2, 0.25) is 0 Å². The van der Waals surface area contributed by atoms with Gasteiger partial charge in [-0.25, -0.2) is 0 Å². The van der Waals surface area contributed by atoms with Crippen LogP contribution < -0.4 is 15.0 Å². The monoisotopic (exact) mass is 557 g/mol. The van der Waals surface area contributed by atoms with E-state index in [2.05, 4.69) is 0 Å². The summed E-state index contributed by atoms with van der Waals surface area (Å²) < 4.78 is 18.0. The Morgan fingerprint density at radius 2 is 1.56 bits per heavy atom. The molecule has 0 aliphatic rings. The van der Waals surface area contributed by atoms with E-state index in [9.17, 15) is 19.8 Å². The largest absolute Gasteiger partial charge is 0.508 e. The minimum absolute atomic E-state index is 0.109. The van der Waals surface area contributed by atoms with Crippen molar-refractivity contribution in [1.82, 2.24) is 4.57 Å². The Labute approximate surface area is 239 Å². The Bertz CT molecular complexity index is 1530. The Hall–Kier alpha value is -4.72. The van der Waals surface area contributed by atoms with E-state index in [1.165, 1.54) is 7.11 Å². The SMILES string of the molecule is COC(=O)CC(c1ccccc1OCCc1ccc(OC)cc1)c1c(O)cc(C)n(CCc2ccc(O)cc2)c1=O. The fraction of sp³-hybridized carbons (Fsp3) is 0.273. The van der Waals surface area contributed by atoms with Crippen LogP contribution in [0.3, 0.4) is 0 Å². The van der Waals surface area contributed by atoms with Gasteiger partial charge in [0.15, 0.2) is 0 Å². The molecule has 214 valence electrons. The number of hydrogen-bond acceptors (Lipinski definition) is 7. The van der Waals surface area contributed by atoms with Gasteiger partial charge >= 0.3 is 5.97 Å². The highest BCUT2D eigenvalue weighted by Crippen LogP contribution is 2.37. The molecule has 8 nitrogen and oxygen atoms in total. The maximum Gasteiger partial charge on any atom is 0.306 e. The molecule has 2 N–H and O–H groups in total. The Morgan fingerprint density at radius 3 is 2.24 bits per heavy atom. The summed E-state index contributed by atoms with van der Waals surface area (Å²) in [5.74, 6) is -0.0344. The molecule has 3 aromatic carbocycles. The topological polar surface area (TPSA) is 107 Å². The minimum atomic E-state index is -0.798. The third kappa shape index (κ3) is 7.28. The number of nitrogens with zero attached hydrogens (tertiary/aromatic N) is 1. The highest BCUT2D eigenvalue weighted by Gasteiger charge is 2.29. The van der Waals surface area contributed by atoms with Crippen LogP contribution in [0, 0.1) is 6.92 Å². The molecule has 4 aromatic rings. The fourth-order valence-corrected chi connectivity index (χ4v) is 4.87. The van der Waals surface area contributed by atoms with Gasteiger partial charge in [0.05, 0.1) is 32.8 Å². The number of ether oxygens (including phenoxy) is 3. The molecule has 1 unspecified atom stereocenters. The normalized spacial score (nSPS) is 11.6. The van der Waals surface area contributed by atoms with Crippen LogP contribution in [0.15, 0.2) is 83.7 Å². The van der Waals surface area contributed by atoms with Crippen molar-refractivity contribution in [3.05, 3.63) is 117 Å². The summed E-state index contributed by atoms with van der Waals surface area (Å²) in [6, 6.07) is 23.3.